The van der Waals surface area contributed by atoms with Crippen molar-refractivity contribution in [3.8, 4) is 11.3 Å². The Morgan fingerprint density at radius 3 is 2.56 bits per heavy atom. The quantitative estimate of drug-likeness (QED) is 0.280. The molecule has 0 bridgehead atoms. The Balaban J connectivity index is 1.96. The first kappa shape index (κ1) is 30.5. The molecule has 1 aromatic heterocycles. The lowest BCUT2D eigenvalue weighted by Crippen LogP contribution is -2.46. The monoisotopic (exact) mass is 570 g/mol. The van der Waals surface area contributed by atoms with E-state index in [2.05, 4.69) is 5.32 Å². The summed E-state index contributed by atoms with van der Waals surface area (Å²) in [7, 11) is 0. The van der Waals surface area contributed by atoms with Crippen molar-refractivity contribution >= 4 is 6.29 Å². The number of aldehydes is 1. The minimum absolute atomic E-state index is 0.0228. The standard InChI is InChI=1S/C31H37F3N4O3/c1-30(2,11-12-39)28(38(19-31(3,41)20-40)17-22-14-35-15-26(22)34)29-36-27(24-13-23(32)9-10-25(24)33)18-37(29)16-21-7-5-4-6-8-21/h4-10,13,17-18,20,26,28,35,39,41H,11-12,14-16,19H2,1-3H3. The van der Waals surface area contributed by atoms with Crippen LogP contribution in [0.2, 0.25) is 0 Å². The first-order valence-corrected chi connectivity index (χ1v) is 13.6. The molecule has 3 N–H and O–H groups in total. The van der Waals surface area contributed by atoms with Gasteiger partial charge in [0.15, 0.2) is 6.29 Å². The van der Waals surface area contributed by atoms with Crippen LogP contribution in [0.3, 0.4) is 0 Å². The number of nitrogens with one attached hydrogen (secondary N) is 1. The second-order valence-corrected chi connectivity index (χ2v) is 11.5. The summed E-state index contributed by atoms with van der Waals surface area (Å²) in [6, 6.07) is 11.9. The van der Waals surface area contributed by atoms with E-state index in [0.29, 0.717) is 30.6 Å². The van der Waals surface area contributed by atoms with Crippen molar-refractivity contribution in [3.63, 3.8) is 0 Å². The van der Waals surface area contributed by atoms with E-state index in [1.54, 1.807) is 17.3 Å². The number of alkyl halides is 1. The van der Waals surface area contributed by atoms with Gasteiger partial charge < -0.3 is 29.8 Å². The molecule has 4 rings (SSSR count). The number of hydrogen-bond acceptors (Lipinski definition) is 6. The molecule has 1 aliphatic rings. The van der Waals surface area contributed by atoms with E-state index in [0.717, 1.165) is 23.8 Å². The molecule has 0 amide bonds. The van der Waals surface area contributed by atoms with Crippen LogP contribution in [0.4, 0.5) is 13.2 Å². The molecule has 0 aliphatic carbocycles. The smallest absolute Gasteiger partial charge is 0.153 e. The Kier molecular flexibility index (Phi) is 9.36. The summed E-state index contributed by atoms with van der Waals surface area (Å²) in [5.41, 5.74) is -1.01. The first-order chi connectivity index (χ1) is 19.4. The van der Waals surface area contributed by atoms with Crippen molar-refractivity contribution in [1.82, 2.24) is 19.8 Å². The summed E-state index contributed by atoms with van der Waals surface area (Å²) in [5.74, 6) is -0.839. The van der Waals surface area contributed by atoms with Gasteiger partial charge in [-0.1, -0.05) is 44.2 Å². The zero-order valence-electron chi connectivity index (χ0n) is 23.5. The van der Waals surface area contributed by atoms with Crippen LogP contribution in [-0.2, 0) is 11.3 Å². The molecular weight excluding hydrogens is 533 g/mol. The van der Waals surface area contributed by atoms with Gasteiger partial charge in [0.05, 0.1) is 18.3 Å². The van der Waals surface area contributed by atoms with Crippen LogP contribution in [0.15, 0.2) is 66.5 Å². The molecule has 1 fully saturated rings. The van der Waals surface area contributed by atoms with Crippen LogP contribution in [0, 0.1) is 17.0 Å². The number of nitrogens with zero attached hydrogens (tertiary/aromatic N) is 3. The molecule has 10 heteroatoms. The van der Waals surface area contributed by atoms with Gasteiger partial charge in [-0.2, -0.15) is 0 Å². The maximum absolute atomic E-state index is 14.9. The molecule has 0 spiro atoms. The molecular formula is C31H37F3N4O3. The molecule has 1 saturated heterocycles. The SMILES string of the molecule is CC(O)(C=O)CN(C=C1CNCC1F)C(c1nc(-c2cc(F)ccc2F)cn1Cc1ccccc1)C(C)(C)CCO. The second-order valence-electron chi connectivity index (χ2n) is 11.5. The van der Waals surface area contributed by atoms with Crippen LogP contribution in [-0.4, -0.2) is 69.0 Å². The molecule has 3 unspecified atom stereocenters. The average Bonchev–Trinajstić information content (AvgIpc) is 3.51. The Morgan fingerprint density at radius 1 is 1.20 bits per heavy atom. The average molecular weight is 571 g/mol. The number of aliphatic hydroxyl groups excluding tert-OH is 1. The van der Waals surface area contributed by atoms with Gasteiger partial charge in [-0.15, -0.1) is 0 Å². The number of imidazole rings is 1. The van der Waals surface area contributed by atoms with Gasteiger partial charge in [-0.25, -0.2) is 18.2 Å². The van der Waals surface area contributed by atoms with Gasteiger partial charge in [0.1, 0.15) is 29.2 Å². The Labute approximate surface area is 238 Å². The predicted molar refractivity (Wildman–Crippen MR) is 151 cm³/mol. The fraction of sp³-hybridized carbons (Fsp3) is 0.419. The lowest BCUT2D eigenvalue weighted by Gasteiger charge is -2.43. The van der Waals surface area contributed by atoms with Gasteiger partial charge in [0.2, 0.25) is 0 Å². The topological polar surface area (TPSA) is 90.6 Å². The number of rotatable bonds is 12. The first-order valence-electron chi connectivity index (χ1n) is 13.6. The number of aliphatic hydroxyl groups is 2. The van der Waals surface area contributed by atoms with E-state index in [1.807, 2.05) is 48.7 Å². The van der Waals surface area contributed by atoms with E-state index >= 15 is 0 Å². The summed E-state index contributed by atoms with van der Waals surface area (Å²) in [4.78, 5) is 18.4. The number of carbonyl (C=O) groups excluding carboxylic acids is 1. The molecule has 3 aromatic rings. The minimum Gasteiger partial charge on any atom is -0.396 e. The molecule has 0 radical (unpaired) electrons. The Hall–Kier alpha value is -3.47. The van der Waals surface area contributed by atoms with Crippen molar-refractivity contribution < 1.29 is 28.2 Å². The predicted octanol–water partition coefficient (Wildman–Crippen LogP) is 4.40. The molecule has 1 aliphatic heterocycles. The van der Waals surface area contributed by atoms with E-state index in [4.69, 9.17) is 4.98 Å². The van der Waals surface area contributed by atoms with Crippen LogP contribution in [0.5, 0.6) is 0 Å². The maximum atomic E-state index is 14.9. The van der Waals surface area contributed by atoms with E-state index in [-0.39, 0.29) is 37.5 Å². The van der Waals surface area contributed by atoms with Crippen LogP contribution in [0.25, 0.3) is 11.3 Å². The normalized spacial score (nSPS) is 18.8. The zero-order chi connectivity index (χ0) is 29.8. The molecule has 3 atom stereocenters. The highest BCUT2D eigenvalue weighted by Crippen LogP contribution is 2.43. The van der Waals surface area contributed by atoms with Crippen molar-refractivity contribution in [3.05, 3.63) is 89.5 Å². The largest absolute Gasteiger partial charge is 0.396 e. The second kappa shape index (κ2) is 12.6. The van der Waals surface area contributed by atoms with E-state index in [9.17, 15) is 28.2 Å². The van der Waals surface area contributed by atoms with Crippen molar-refractivity contribution in [1.29, 1.82) is 0 Å². The third-order valence-electron chi connectivity index (χ3n) is 7.42. The lowest BCUT2D eigenvalue weighted by atomic mass is 9.79. The van der Waals surface area contributed by atoms with Gasteiger partial charge in [-0.3, -0.25) is 0 Å². The third-order valence-corrected chi connectivity index (χ3v) is 7.42. The Bertz CT molecular complexity index is 1370. The minimum atomic E-state index is -1.79. The highest BCUT2D eigenvalue weighted by atomic mass is 19.1. The van der Waals surface area contributed by atoms with Gasteiger partial charge in [-0.05, 0) is 48.1 Å². The molecule has 2 heterocycles. The van der Waals surface area contributed by atoms with Gasteiger partial charge in [0.25, 0.3) is 0 Å². The van der Waals surface area contributed by atoms with Gasteiger partial charge >= 0.3 is 0 Å². The van der Waals surface area contributed by atoms with E-state index in [1.165, 1.54) is 6.92 Å². The number of hydrogen-bond donors (Lipinski definition) is 3. The zero-order valence-corrected chi connectivity index (χ0v) is 23.5. The summed E-state index contributed by atoms with van der Waals surface area (Å²) in [5, 5.41) is 23.9. The fourth-order valence-electron chi connectivity index (χ4n) is 5.29. The number of halogens is 3. The van der Waals surface area contributed by atoms with Crippen LogP contribution in [0.1, 0.15) is 44.6 Å². The number of benzene rings is 2. The third kappa shape index (κ3) is 7.25. The lowest BCUT2D eigenvalue weighted by molar-refractivity contribution is -0.124. The highest BCUT2D eigenvalue weighted by molar-refractivity contribution is 5.62. The van der Waals surface area contributed by atoms with Crippen molar-refractivity contribution in [2.24, 2.45) is 5.41 Å². The molecule has 7 nitrogen and oxygen atoms in total. The molecule has 0 saturated carbocycles. The molecule has 220 valence electrons. The molecule has 2 aromatic carbocycles. The molecule has 41 heavy (non-hydrogen) atoms. The Morgan fingerprint density at radius 2 is 1.93 bits per heavy atom. The number of aromatic nitrogens is 2. The highest BCUT2D eigenvalue weighted by Gasteiger charge is 2.41. The van der Waals surface area contributed by atoms with E-state index < -0.39 is 34.9 Å². The number of carbonyl (C=O) groups is 1. The fourth-order valence-corrected chi connectivity index (χ4v) is 5.29. The summed E-state index contributed by atoms with van der Waals surface area (Å²) in [6.45, 7) is 5.55. The van der Waals surface area contributed by atoms with Crippen molar-refractivity contribution in [2.45, 2.75) is 51.6 Å². The summed E-state index contributed by atoms with van der Waals surface area (Å²) in [6.07, 6.45) is 2.70. The summed E-state index contributed by atoms with van der Waals surface area (Å²) >= 11 is 0. The maximum Gasteiger partial charge on any atom is 0.153 e. The van der Waals surface area contributed by atoms with Crippen molar-refractivity contribution in [2.75, 3.05) is 26.2 Å². The van der Waals surface area contributed by atoms with Crippen LogP contribution >= 0.6 is 0 Å². The van der Waals surface area contributed by atoms with Crippen LogP contribution < -0.4 is 5.32 Å². The summed E-state index contributed by atoms with van der Waals surface area (Å²) < 4.78 is 45.8. The van der Waals surface area contributed by atoms with Gasteiger partial charge in [0, 0.05) is 44.2 Å².